The minimum atomic E-state index is -1.12. The molecule has 0 aliphatic rings. The summed E-state index contributed by atoms with van der Waals surface area (Å²) >= 11 is 0.744. The number of aromatic nitrogens is 1. The molecule has 5 N–H and O–H groups in total. The molecular formula is C26H31N5O5S. The van der Waals surface area contributed by atoms with E-state index in [1.807, 2.05) is 20.8 Å². The average molecular weight is 526 g/mol. The molecule has 11 heteroatoms. The lowest BCUT2D eigenvalue weighted by Gasteiger charge is -2.34. The van der Waals surface area contributed by atoms with Gasteiger partial charge in [0.1, 0.15) is 22.4 Å². The Bertz CT molecular complexity index is 1290. The van der Waals surface area contributed by atoms with Gasteiger partial charge in [0.15, 0.2) is 5.69 Å². The number of carbonyl (C=O) groups is 3. The van der Waals surface area contributed by atoms with Crippen LogP contribution in [0.25, 0.3) is 0 Å². The molecule has 0 fully saturated rings. The van der Waals surface area contributed by atoms with E-state index >= 15 is 0 Å². The molecule has 1 heterocycles. The molecule has 0 bridgehead atoms. The molecule has 3 aromatic rings. The maximum absolute atomic E-state index is 14.1. The van der Waals surface area contributed by atoms with Crippen molar-refractivity contribution in [3.63, 3.8) is 0 Å². The molecule has 196 valence electrons. The lowest BCUT2D eigenvalue weighted by atomic mass is 9.98. The van der Waals surface area contributed by atoms with Gasteiger partial charge in [-0.15, -0.1) is 0 Å². The van der Waals surface area contributed by atoms with Crippen molar-refractivity contribution >= 4 is 40.6 Å². The number of ether oxygens (including phenoxy) is 2. The molecule has 0 saturated carbocycles. The highest BCUT2D eigenvalue weighted by Crippen LogP contribution is 2.35. The Morgan fingerprint density at radius 3 is 2.27 bits per heavy atom. The summed E-state index contributed by atoms with van der Waals surface area (Å²) in [5.74, 6) is -0.815. The third kappa shape index (κ3) is 6.00. The van der Waals surface area contributed by atoms with E-state index in [1.54, 1.807) is 48.5 Å². The minimum absolute atomic E-state index is 0.0160. The standard InChI is InChI=1S/C26H31N5O5S/c1-6-26(2,3)29-24(33)21(15-10-12-17(35-4)13-11-15)31(16-8-7-9-18(14-16)36-5)25(34)22-19(27)20(23(28)32)30-37-22/h7-14,21H,6,27H2,1-5H3,(H2,28,32)(H,29,33)/t21-/m1/s1. The Kier molecular flexibility index (Phi) is 8.38. The third-order valence-electron chi connectivity index (χ3n) is 5.99. The van der Waals surface area contributed by atoms with E-state index in [0.717, 1.165) is 11.5 Å². The zero-order chi connectivity index (χ0) is 27.3. The summed E-state index contributed by atoms with van der Waals surface area (Å²) in [6.07, 6.45) is 0.658. The molecule has 37 heavy (non-hydrogen) atoms. The molecule has 3 amide bonds. The first kappa shape index (κ1) is 27.5. The van der Waals surface area contributed by atoms with E-state index < -0.39 is 29.3 Å². The number of nitrogens with two attached hydrogens (primary N) is 2. The molecule has 2 aromatic carbocycles. The Labute approximate surface area is 219 Å². The van der Waals surface area contributed by atoms with Crippen LogP contribution in [0.3, 0.4) is 0 Å². The zero-order valence-corrected chi connectivity index (χ0v) is 22.2. The summed E-state index contributed by atoms with van der Waals surface area (Å²) in [4.78, 5) is 41.1. The molecule has 1 atom stereocenters. The van der Waals surface area contributed by atoms with Gasteiger partial charge in [-0.25, -0.2) is 0 Å². The molecule has 0 unspecified atom stereocenters. The van der Waals surface area contributed by atoms with E-state index in [0.29, 0.717) is 29.2 Å². The lowest BCUT2D eigenvalue weighted by Crippen LogP contribution is -2.50. The number of amides is 3. The van der Waals surface area contributed by atoms with Gasteiger partial charge in [0.25, 0.3) is 11.8 Å². The van der Waals surface area contributed by atoms with Crippen molar-refractivity contribution in [1.29, 1.82) is 0 Å². The van der Waals surface area contributed by atoms with Gasteiger partial charge >= 0.3 is 0 Å². The fourth-order valence-corrected chi connectivity index (χ4v) is 4.32. The fourth-order valence-electron chi connectivity index (χ4n) is 3.58. The van der Waals surface area contributed by atoms with Crippen molar-refractivity contribution < 1.29 is 23.9 Å². The van der Waals surface area contributed by atoms with Crippen LogP contribution in [-0.4, -0.2) is 41.9 Å². The predicted molar refractivity (Wildman–Crippen MR) is 143 cm³/mol. The number of anilines is 2. The van der Waals surface area contributed by atoms with Crippen LogP contribution in [0, 0.1) is 0 Å². The Morgan fingerprint density at radius 1 is 1.08 bits per heavy atom. The van der Waals surface area contributed by atoms with E-state index in [2.05, 4.69) is 9.69 Å². The number of hydrogen-bond acceptors (Lipinski definition) is 8. The van der Waals surface area contributed by atoms with E-state index in [4.69, 9.17) is 20.9 Å². The molecule has 0 spiro atoms. The second kappa shape index (κ2) is 11.3. The number of methoxy groups -OCH3 is 2. The maximum Gasteiger partial charge on any atom is 0.273 e. The molecule has 3 rings (SSSR count). The molecule has 0 saturated heterocycles. The number of carbonyl (C=O) groups excluding carboxylic acids is 3. The van der Waals surface area contributed by atoms with Crippen molar-refractivity contribution in [2.45, 2.75) is 38.8 Å². The smallest absolute Gasteiger partial charge is 0.273 e. The quantitative estimate of drug-likeness (QED) is 0.366. The van der Waals surface area contributed by atoms with Crippen molar-refractivity contribution in [3.8, 4) is 11.5 Å². The number of rotatable bonds is 10. The Balaban J connectivity index is 2.25. The first-order valence-electron chi connectivity index (χ1n) is 11.5. The molecule has 0 aliphatic carbocycles. The fraction of sp³-hybridized carbons (Fsp3) is 0.308. The predicted octanol–water partition coefficient (Wildman–Crippen LogP) is 3.53. The van der Waals surface area contributed by atoms with Gasteiger partial charge in [-0.3, -0.25) is 19.3 Å². The number of benzene rings is 2. The van der Waals surface area contributed by atoms with Gasteiger partial charge in [-0.1, -0.05) is 25.1 Å². The summed E-state index contributed by atoms with van der Waals surface area (Å²) in [6, 6.07) is 12.5. The highest BCUT2D eigenvalue weighted by atomic mass is 32.1. The topological polar surface area (TPSA) is 150 Å². The number of primary amides is 1. The van der Waals surface area contributed by atoms with Crippen molar-refractivity contribution in [1.82, 2.24) is 9.69 Å². The number of nitrogens with one attached hydrogen (secondary N) is 1. The first-order valence-corrected chi connectivity index (χ1v) is 12.3. The van der Waals surface area contributed by atoms with Gasteiger partial charge in [-0.05, 0) is 61.6 Å². The van der Waals surface area contributed by atoms with Crippen LogP contribution in [0.4, 0.5) is 11.4 Å². The minimum Gasteiger partial charge on any atom is -0.497 e. The van der Waals surface area contributed by atoms with Gasteiger partial charge in [0, 0.05) is 17.3 Å². The van der Waals surface area contributed by atoms with Crippen molar-refractivity contribution in [2.24, 2.45) is 5.73 Å². The van der Waals surface area contributed by atoms with Gasteiger partial charge in [-0.2, -0.15) is 4.37 Å². The second-order valence-electron chi connectivity index (χ2n) is 8.92. The van der Waals surface area contributed by atoms with Crippen LogP contribution in [0.15, 0.2) is 48.5 Å². The molecule has 10 nitrogen and oxygen atoms in total. The second-order valence-corrected chi connectivity index (χ2v) is 9.69. The Hall–Kier alpha value is -4.12. The zero-order valence-electron chi connectivity index (χ0n) is 21.4. The summed E-state index contributed by atoms with van der Waals surface area (Å²) in [7, 11) is 3.04. The van der Waals surface area contributed by atoms with Gasteiger partial charge in [0.2, 0.25) is 5.91 Å². The normalized spacial score (nSPS) is 11.9. The van der Waals surface area contributed by atoms with Crippen LogP contribution < -0.4 is 31.2 Å². The van der Waals surface area contributed by atoms with Crippen LogP contribution >= 0.6 is 11.5 Å². The average Bonchev–Trinajstić information content (AvgIpc) is 3.28. The van der Waals surface area contributed by atoms with Crippen LogP contribution in [0.1, 0.15) is 59.0 Å². The number of nitrogen functional groups attached to an aromatic ring is 1. The van der Waals surface area contributed by atoms with E-state index in [1.165, 1.54) is 19.1 Å². The van der Waals surface area contributed by atoms with Crippen LogP contribution in [0.2, 0.25) is 0 Å². The lowest BCUT2D eigenvalue weighted by molar-refractivity contribution is -0.124. The Morgan fingerprint density at radius 2 is 1.73 bits per heavy atom. The first-order chi connectivity index (χ1) is 17.5. The van der Waals surface area contributed by atoms with Crippen molar-refractivity contribution in [2.75, 3.05) is 24.9 Å². The summed E-state index contributed by atoms with van der Waals surface area (Å²) in [5, 5.41) is 3.04. The summed E-state index contributed by atoms with van der Waals surface area (Å²) in [6.45, 7) is 5.75. The summed E-state index contributed by atoms with van der Waals surface area (Å²) in [5.41, 5.74) is 11.5. The number of nitrogens with zero attached hydrogens (tertiary/aromatic N) is 2. The van der Waals surface area contributed by atoms with Gasteiger partial charge in [0.05, 0.1) is 19.9 Å². The molecule has 1 aromatic heterocycles. The SMILES string of the molecule is CCC(C)(C)NC(=O)[C@@H](c1ccc(OC)cc1)N(C(=O)c1snc(C(N)=O)c1N)c1cccc(OC)c1. The number of hydrogen-bond donors (Lipinski definition) is 3. The summed E-state index contributed by atoms with van der Waals surface area (Å²) < 4.78 is 14.6. The maximum atomic E-state index is 14.1. The van der Waals surface area contributed by atoms with Crippen molar-refractivity contribution in [3.05, 3.63) is 64.7 Å². The van der Waals surface area contributed by atoms with E-state index in [-0.39, 0.29) is 16.3 Å². The largest absolute Gasteiger partial charge is 0.497 e. The molecule has 0 radical (unpaired) electrons. The highest BCUT2D eigenvalue weighted by molar-refractivity contribution is 7.09. The van der Waals surface area contributed by atoms with Gasteiger partial charge < -0.3 is 26.3 Å². The van der Waals surface area contributed by atoms with E-state index in [9.17, 15) is 14.4 Å². The molecule has 0 aliphatic heterocycles. The van der Waals surface area contributed by atoms with Crippen LogP contribution in [0.5, 0.6) is 11.5 Å². The van der Waals surface area contributed by atoms with Crippen LogP contribution in [-0.2, 0) is 4.79 Å². The third-order valence-corrected chi connectivity index (χ3v) is 6.84. The monoisotopic (exact) mass is 525 g/mol. The molecular weight excluding hydrogens is 494 g/mol. The highest BCUT2D eigenvalue weighted by Gasteiger charge is 2.37.